The Balaban J connectivity index is 1.62. The lowest BCUT2D eigenvalue weighted by atomic mass is 9.98. The van der Waals surface area contributed by atoms with Crippen molar-refractivity contribution >= 4 is 24.3 Å². The van der Waals surface area contributed by atoms with Gasteiger partial charge in [0.2, 0.25) is 0 Å². The molecule has 1 aliphatic heterocycles. The van der Waals surface area contributed by atoms with E-state index in [1.807, 2.05) is 0 Å². The molecule has 2 nitrogen and oxygen atoms in total. The van der Waals surface area contributed by atoms with Crippen LogP contribution in [0.3, 0.4) is 0 Å². The first-order chi connectivity index (χ1) is 14.2. The Labute approximate surface area is 182 Å². The fourth-order valence-electron chi connectivity index (χ4n) is 7.40. The maximum absolute atomic E-state index is 7.73. The Bertz CT molecular complexity index is 625. The minimum Gasteiger partial charge on any atom is -0.633 e. The van der Waals surface area contributed by atoms with Crippen LogP contribution < -0.4 is 9.31 Å². The van der Waals surface area contributed by atoms with Gasteiger partial charge in [-0.3, -0.25) is 0 Å². The number of rotatable bonds is 4. The molecule has 29 heavy (non-hydrogen) atoms. The highest BCUT2D eigenvalue weighted by molar-refractivity contribution is 8.13. The molecule has 3 saturated carbocycles. The zero-order chi connectivity index (χ0) is 19.7. The van der Waals surface area contributed by atoms with Crippen LogP contribution in [0.15, 0.2) is 24.3 Å². The average molecular weight is 435 g/mol. The molecule has 4 aliphatic rings. The van der Waals surface area contributed by atoms with E-state index in [0.717, 1.165) is 28.5 Å². The Morgan fingerprint density at radius 2 is 0.966 bits per heavy atom. The Hall–Kier alpha value is -0.395. The van der Waals surface area contributed by atoms with Crippen molar-refractivity contribution in [2.75, 3.05) is 0 Å². The van der Waals surface area contributed by atoms with Gasteiger partial charge in [0.05, 0.1) is 0 Å². The first kappa shape index (κ1) is 20.5. The molecule has 1 aromatic carbocycles. The molecule has 0 radical (unpaired) electrons. The van der Waals surface area contributed by atoms with Crippen LogP contribution in [0.2, 0.25) is 0 Å². The topological polar surface area (TPSA) is 18.5 Å². The third-order valence-electron chi connectivity index (χ3n) is 8.55. The monoisotopic (exact) mass is 434 g/mol. The first-order valence-corrected chi connectivity index (χ1v) is 14.9. The normalized spacial score (nSPS) is 26.5. The molecule has 0 N–H and O–H groups in total. The number of fused-ring (bicyclic) bond motifs is 1. The van der Waals surface area contributed by atoms with Crippen LogP contribution in [0, 0.1) is 0 Å². The molecule has 1 heterocycles. The fourth-order valence-corrected chi connectivity index (χ4v) is 16.7. The van der Waals surface area contributed by atoms with E-state index in [1.54, 1.807) is 0 Å². The van der Waals surface area contributed by atoms with Crippen LogP contribution in [-0.4, -0.2) is 22.7 Å². The van der Waals surface area contributed by atoms with Crippen LogP contribution in [0.4, 0.5) is 0 Å². The summed E-state index contributed by atoms with van der Waals surface area (Å²) < 4.78 is 13.5. The molecule has 0 bridgehead atoms. The molecule has 0 spiro atoms. The smallest absolute Gasteiger partial charge is 0.608 e. The van der Waals surface area contributed by atoms with Gasteiger partial charge in [0.1, 0.15) is 11.5 Å². The molecule has 0 unspecified atom stereocenters. The van der Waals surface area contributed by atoms with Crippen molar-refractivity contribution < 1.29 is 9.31 Å². The lowest BCUT2D eigenvalue weighted by Crippen LogP contribution is -2.54. The third-order valence-corrected chi connectivity index (χ3v) is 16.4. The molecular weight excluding hydrogens is 398 g/mol. The van der Waals surface area contributed by atoms with Gasteiger partial charge in [-0.1, -0.05) is 31.4 Å². The van der Waals surface area contributed by atoms with Crippen molar-refractivity contribution in [3.63, 3.8) is 0 Å². The number of hydrogen-bond acceptors (Lipinski definition) is 2. The highest BCUT2D eigenvalue weighted by Gasteiger charge is 2.71. The summed E-state index contributed by atoms with van der Waals surface area (Å²) in [6.45, 7) is 0. The van der Waals surface area contributed by atoms with Gasteiger partial charge in [-0.25, -0.2) is 11.5 Å². The summed E-state index contributed by atoms with van der Waals surface area (Å²) in [7, 11) is -1.68. The molecular formula is C24H37BClO2P. The summed E-state index contributed by atoms with van der Waals surface area (Å²) in [4.78, 5) is 0. The second-order valence-electron chi connectivity index (χ2n) is 10.0. The summed E-state index contributed by atoms with van der Waals surface area (Å²) in [5, 5.41) is 0. The molecule has 1 aromatic rings. The summed E-state index contributed by atoms with van der Waals surface area (Å²) in [5.74, 6) is 1.80. The van der Waals surface area contributed by atoms with Crippen molar-refractivity contribution in [3.05, 3.63) is 24.3 Å². The van der Waals surface area contributed by atoms with E-state index >= 15 is 0 Å². The van der Waals surface area contributed by atoms with Crippen molar-refractivity contribution in [1.29, 1.82) is 0 Å². The van der Waals surface area contributed by atoms with Crippen LogP contribution in [0.1, 0.15) is 96.3 Å². The summed E-state index contributed by atoms with van der Waals surface area (Å²) in [6.07, 6.45) is 20.6. The van der Waals surface area contributed by atoms with E-state index in [0.29, 0.717) is 0 Å². The third kappa shape index (κ3) is 3.53. The van der Waals surface area contributed by atoms with Crippen LogP contribution in [-0.2, 0) is 0 Å². The fraction of sp³-hybridized carbons (Fsp3) is 0.750. The zero-order valence-corrected chi connectivity index (χ0v) is 19.5. The average Bonchev–Trinajstić information content (AvgIpc) is 3.14. The molecule has 3 fully saturated rings. The van der Waals surface area contributed by atoms with E-state index in [9.17, 15) is 0 Å². The Morgan fingerprint density at radius 1 is 0.621 bits per heavy atom. The van der Waals surface area contributed by atoms with Crippen LogP contribution >= 0.6 is 18.6 Å². The summed E-state index contributed by atoms with van der Waals surface area (Å²) in [5.41, 5.74) is 0.483. The maximum atomic E-state index is 7.73. The van der Waals surface area contributed by atoms with Crippen molar-refractivity contribution in [3.8, 4) is 11.5 Å². The van der Waals surface area contributed by atoms with Gasteiger partial charge in [0.25, 0.3) is 0 Å². The SMILES string of the molecule is Cl[B-]1([P+](C2CCCCC2)(C2CCCCC2)C2CCCCC2)Oc2ccccc2O1. The molecule has 5 heteroatoms. The summed E-state index contributed by atoms with van der Waals surface area (Å²) in [6, 6.07) is 8.25. The highest BCUT2D eigenvalue weighted by Crippen LogP contribution is 2.83. The molecule has 3 aliphatic carbocycles. The Kier molecular flexibility index (Phi) is 6.10. The second kappa shape index (κ2) is 8.62. The van der Waals surface area contributed by atoms with Gasteiger partial charge in [-0.2, -0.15) is 0 Å². The lowest BCUT2D eigenvalue weighted by Gasteiger charge is -2.57. The predicted molar refractivity (Wildman–Crippen MR) is 127 cm³/mol. The molecule has 0 amide bonds. The van der Waals surface area contributed by atoms with Crippen LogP contribution in [0.5, 0.6) is 11.5 Å². The van der Waals surface area contributed by atoms with Gasteiger partial charge < -0.3 is 9.31 Å². The van der Waals surface area contributed by atoms with E-state index in [2.05, 4.69) is 24.3 Å². The van der Waals surface area contributed by atoms with E-state index in [4.69, 9.17) is 20.8 Å². The van der Waals surface area contributed by atoms with Gasteiger partial charge in [-0.15, -0.1) is 0 Å². The molecule has 0 saturated heterocycles. The molecule has 5 rings (SSSR count). The quantitative estimate of drug-likeness (QED) is 0.351. The highest BCUT2D eigenvalue weighted by atomic mass is 35.5. The van der Waals surface area contributed by atoms with Gasteiger partial charge >= 0.3 is 5.69 Å². The van der Waals surface area contributed by atoms with E-state index in [1.165, 1.54) is 96.3 Å². The van der Waals surface area contributed by atoms with Crippen molar-refractivity contribution in [2.45, 2.75) is 113 Å². The number of halogens is 1. The van der Waals surface area contributed by atoms with Gasteiger partial charge in [0, 0.05) is 17.0 Å². The minimum absolute atomic E-state index is 0.759. The minimum atomic E-state index is -1.79. The Morgan fingerprint density at radius 3 is 1.31 bits per heavy atom. The van der Waals surface area contributed by atoms with E-state index in [-0.39, 0.29) is 0 Å². The number of para-hydroxylation sites is 2. The largest absolute Gasteiger partial charge is 0.633 e. The van der Waals surface area contributed by atoms with Crippen molar-refractivity contribution in [2.24, 2.45) is 0 Å². The predicted octanol–water partition coefficient (Wildman–Crippen LogP) is 8.15. The number of hydrogen-bond donors (Lipinski definition) is 0. The zero-order valence-electron chi connectivity index (χ0n) is 17.9. The second-order valence-corrected chi connectivity index (χ2v) is 15.6. The standard InChI is InChI=1S/C24H37BClO2P/c26-25(27-23-18-10-11-19-24(23)28-25)29(20-12-4-1-5-13-20,21-14-6-2-7-15-21)22-16-8-3-9-17-22/h10-11,18-22H,1-9,12-17H2. The van der Waals surface area contributed by atoms with Crippen LogP contribution in [0.25, 0.3) is 0 Å². The lowest BCUT2D eigenvalue weighted by molar-refractivity contribution is 0.443. The van der Waals surface area contributed by atoms with E-state index < -0.39 is 12.8 Å². The molecule has 0 atom stereocenters. The maximum Gasteiger partial charge on any atom is 0.608 e. The van der Waals surface area contributed by atoms with Crippen molar-refractivity contribution in [1.82, 2.24) is 0 Å². The van der Waals surface area contributed by atoms with Gasteiger partial charge in [0.15, 0.2) is 0 Å². The molecule has 0 aromatic heterocycles. The molecule has 160 valence electrons. The van der Waals surface area contributed by atoms with Gasteiger partial charge in [-0.05, 0) is 96.3 Å². The first-order valence-electron chi connectivity index (χ1n) is 12.4. The summed E-state index contributed by atoms with van der Waals surface area (Å²) >= 11 is 7.73. The number of benzene rings is 1.